The minimum absolute atomic E-state index is 0.137. The zero-order valence-electron chi connectivity index (χ0n) is 14.5. The van der Waals surface area contributed by atoms with E-state index in [1.54, 1.807) is 36.4 Å². The molecule has 0 saturated carbocycles. The van der Waals surface area contributed by atoms with Gasteiger partial charge in [-0.05, 0) is 54.6 Å². The lowest BCUT2D eigenvalue weighted by atomic mass is 10.1. The lowest BCUT2D eigenvalue weighted by Crippen LogP contribution is -2.13. The SMILES string of the molecule is N#Cc1ccc(C(=O)Nc2ccc3oc(-c4ccc(Cl)c(Cl)c4)nc3c2)c(F)c1. The fourth-order valence-electron chi connectivity index (χ4n) is 2.73. The Morgan fingerprint density at radius 1 is 1.07 bits per heavy atom. The number of nitrogens with one attached hydrogen (secondary N) is 1. The van der Waals surface area contributed by atoms with Crippen LogP contribution in [0.2, 0.25) is 10.0 Å². The van der Waals surface area contributed by atoms with E-state index in [1.165, 1.54) is 12.1 Å². The van der Waals surface area contributed by atoms with Crippen LogP contribution in [0.4, 0.5) is 10.1 Å². The molecule has 142 valence electrons. The molecule has 4 aromatic rings. The van der Waals surface area contributed by atoms with Gasteiger partial charge in [0.25, 0.3) is 5.91 Å². The number of aromatic nitrogens is 1. The number of hydrogen-bond donors (Lipinski definition) is 1. The minimum atomic E-state index is -0.772. The maximum Gasteiger partial charge on any atom is 0.258 e. The molecule has 0 atom stereocenters. The van der Waals surface area contributed by atoms with Gasteiger partial charge < -0.3 is 9.73 Å². The van der Waals surface area contributed by atoms with Gasteiger partial charge in [-0.2, -0.15) is 5.26 Å². The number of fused-ring (bicyclic) bond motifs is 1. The summed E-state index contributed by atoms with van der Waals surface area (Å²) >= 11 is 12.0. The second-order valence-corrected chi connectivity index (χ2v) is 6.91. The Morgan fingerprint density at radius 3 is 2.62 bits per heavy atom. The standard InChI is InChI=1S/C21H10Cl2FN3O2/c22-15-5-2-12(8-16(15)23)21-27-18-9-13(3-6-19(18)29-21)26-20(28)14-4-1-11(10-25)7-17(14)24/h1-9H,(H,26,28). The Morgan fingerprint density at radius 2 is 1.90 bits per heavy atom. The van der Waals surface area contributed by atoms with Crippen LogP contribution in [0, 0.1) is 17.1 Å². The third kappa shape index (κ3) is 3.79. The Bertz CT molecular complexity index is 1310. The molecule has 29 heavy (non-hydrogen) atoms. The highest BCUT2D eigenvalue weighted by Crippen LogP contribution is 2.31. The predicted molar refractivity (Wildman–Crippen MR) is 109 cm³/mol. The first-order valence-corrected chi connectivity index (χ1v) is 9.07. The second kappa shape index (κ2) is 7.55. The number of oxazole rings is 1. The Labute approximate surface area is 174 Å². The van der Waals surface area contributed by atoms with E-state index in [9.17, 15) is 9.18 Å². The van der Waals surface area contributed by atoms with E-state index < -0.39 is 11.7 Å². The number of benzene rings is 3. The first-order chi connectivity index (χ1) is 13.9. The van der Waals surface area contributed by atoms with Gasteiger partial charge in [-0.1, -0.05) is 23.2 Å². The smallest absolute Gasteiger partial charge is 0.258 e. The largest absolute Gasteiger partial charge is 0.436 e. The zero-order chi connectivity index (χ0) is 20.5. The van der Waals surface area contributed by atoms with E-state index in [-0.39, 0.29) is 11.1 Å². The molecule has 5 nitrogen and oxygen atoms in total. The summed E-state index contributed by atoms with van der Waals surface area (Å²) in [6, 6.07) is 15.4. The molecule has 0 bridgehead atoms. The summed E-state index contributed by atoms with van der Waals surface area (Å²) < 4.78 is 19.8. The summed E-state index contributed by atoms with van der Waals surface area (Å²) in [5, 5.41) is 12.2. The third-order valence-corrected chi connectivity index (χ3v) is 4.89. The predicted octanol–water partition coefficient (Wildman–Crippen LogP) is 6.06. The highest BCUT2D eigenvalue weighted by molar-refractivity contribution is 6.42. The summed E-state index contributed by atoms with van der Waals surface area (Å²) in [4.78, 5) is 16.8. The van der Waals surface area contributed by atoms with E-state index >= 15 is 0 Å². The molecule has 0 fully saturated rings. The number of nitrogens with zero attached hydrogens (tertiary/aromatic N) is 2. The monoisotopic (exact) mass is 425 g/mol. The van der Waals surface area contributed by atoms with Crippen molar-refractivity contribution in [3.8, 4) is 17.5 Å². The number of rotatable bonds is 3. The Hall–Kier alpha value is -3.40. The molecule has 3 aromatic carbocycles. The van der Waals surface area contributed by atoms with Crippen molar-refractivity contribution in [1.82, 2.24) is 4.98 Å². The summed E-state index contributed by atoms with van der Waals surface area (Å²) in [6.45, 7) is 0. The van der Waals surface area contributed by atoms with Crippen LogP contribution < -0.4 is 5.32 Å². The molecule has 0 unspecified atom stereocenters. The first-order valence-electron chi connectivity index (χ1n) is 8.31. The van der Waals surface area contributed by atoms with Crippen molar-refractivity contribution in [3.05, 3.63) is 81.6 Å². The Kier molecular flexibility index (Phi) is 4.93. The summed E-state index contributed by atoms with van der Waals surface area (Å²) in [5.74, 6) is -1.06. The number of halogens is 3. The average Bonchev–Trinajstić information content (AvgIpc) is 3.13. The molecule has 0 radical (unpaired) electrons. The molecule has 1 heterocycles. The van der Waals surface area contributed by atoms with E-state index in [4.69, 9.17) is 32.9 Å². The summed E-state index contributed by atoms with van der Waals surface area (Å²) in [6.07, 6.45) is 0. The van der Waals surface area contributed by atoms with Crippen molar-refractivity contribution in [1.29, 1.82) is 5.26 Å². The number of amides is 1. The van der Waals surface area contributed by atoms with Gasteiger partial charge in [0.1, 0.15) is 11.3 Å². The number of carbonyl (C=O) groups is 1. The lowest BCUT2D eigenvalue weighted by Gasteiger charge is -2.06. The maximum atomic E-state index is 14.0. The molecular formula is C21H10Cl2FN3O2. The highest BCUT2D eigenvalue weighted by atomic mass is 35.5. The van der Waals surface area contributed by atoms with Crippen LogP contribution in [0.1, 0.15) is 15.9 Å². The molecule has 0 aliphatic carbocycles. The molecular weight excluding hydrogens is 416 g/mol. The fourth-order valence-corrected chi connectivity index (χ4v) is 3.02. The first kappa shape index (κ1) is 18.9. The molecule has 4 rings (SSSR count). The van der Waals surface area contributed by atoms with E-state index in [0.717, 1.165) is 6.07 Å². The average molecular weight is 426 g/mol. The number of nitriles is 1. The molecule has 1 aromatic heterocycles. The zero-order valence-corrected chi connectivity index (χ0v) is 16.1. The van der Waals surface area contributed by atoms with Gasteiger partial charge in [0, 0.05) is 11.3 Å². The fraction of sp³-hybridized carbons (Fsp3) is 0. The molecule has 0 saturated heterocycles. The lowest BCUT2D eigenvalue weighted by molar-refractivity contribution is 0.102. The van der Waals surface area contributed by atoms with Crippen LogP contribution in [0.25, 0.3) is 22.6 Å². The summed E-state index contributed by atoms with van der Waals surface area (Å²) in [7, 11) is 0. The molecule has 0 spiro atoms. The summed E-state index contributed by atoms with van der Waals surface area (Å²) in [5.41, 5.74) is 2.05. The minimum Gasteiger partial charge on any atom is -0.436 e. The van der Waals surface area contributed by atoms with E-state index in [0.29, 0.717) is 38.3 Å². The van der Waals surface area contributed by atoms with Crippen LogP contribution in [0.3, 0.4) is 0 Å². The number of anilines is 1. The van der Waals surface area contributed by atoms with Crippen molar-refractivity contribution in [2.45, 2.75) is 0 Å². The van der Waals surface area contributed by atoms with Gasteiger partial charge in [-0.25, -0.2) is 9.37 Å². The normalized spacial score (nSPS) is 10.7. The van der Waals surface area contributed by atoms with Gasteiger partial charge in [-0.3, -0.25) is 4.79 Å². The van der Waals surface area contributed by atoms with Crippen LogP contribution >= 0.6 is 23.2 Å². The number of hydrogen-bond acceptors (Lipinski definition) is 4. The van der Waals surface area contributed by atoms with Crippen LogP contribution in [-0.2, 0) is 0 Å². The van der Waals surface area contributed by atoms with Gasteiger partial charge in [-0.15, -0.1) is 0 Å². The van der Waals surface area contributed by atoms with Crippen molar-refractivity contribution < 1.29 is 13.6 Å². The topological polar surface area (TPSA) is 78.9 Å². The molecule has 0 aliphatic rings. The van der Waals surface area contributed by atoms with Crippen molar-refractivity contribution >= 4 is 45.9 Å². The molecule has 8 heteroatoms. The van der Waals surface area contributed by atoms with Gasteiger partial charge in [0.15, 0.2) is 5.58 Å². The number of carbonyl (C=O) groups excluding carboxylic acids is 1. The molecule has 1 amide bonds. The van der Waals surface area contributed by atoms with Crippen molar-refractivity contribution in [2.24, 2.45) is 0 Å². The second-order valence-electron chi connectivity index (χ2n) is 6.09. The molecule has 0 aliphatic heterocycles. The quantitative estimate of drug-likeness (QED) is 0.432. The molecule has 1 N–H and O–H groups in total. The maximum absolute atomic E-state index is 14.0. The highest BCUT2D eigenvalue weighted by Gasteiger charge is 2.15. The van der Waals surface area contributed by atoms with E-state index in [1.807, 2.05) is 6.07 Å². The van der Waals surface area contributed by atoms with Gasteiger partial charge in [0.2, 0.25) is 5.89 Å². The van der Waals surface area contributed by atoms with Crippen molar-refractivity contribution in [3.63, 3.8) is 0 Å². The van der Waals surface area contributed by atoms with Crippen LogP contribution in [0.5, 0.6) is 0 Å². The van der Waals surface area contributed by atoms with Gasteiger partial charge in [0.05, 0.1) is 27.2 Å². The van der Waals surface area contributed by atoms with Crippen molar-refractivity contribution in [2.75, 3.05) is 5.32 Å². The third-order valence-electron chi connectivity index (χ3n) is 4.15. The van der Waals surface area contributed by atoms with E-state index in [2.05, 4.69) is 10.3 Å². The Balaban J connectivity index is 1.61. The van der Waals surface area contributed by atoms with Crippen LogP contribution in [0.15, 0.2) is 59.0 Å². The van der Waals surface area contributed by atoms with Crippen LogP contribution in [-0.4, -0.2) is 10.9 Å². The van der Waals surface area contributed by atoms with Gasteiger partial charge >= 0.3 is 0 Å².